The van der Waals surface area contributed by atoms with E-state index in [-0.39, 0.29) is 0 Å². The van der Waals surface area contributed by atoms with Crippen molar-refractivity contribution in [3.05, 3.63) is 42.4 Å². The number of aryl methyl sites for hydroxylation is 1. The van der Waals surface area contributed by atoms with Gasteiger partial charge >= 0.3 is 0 Å². The number of anilines is 2. The minimum absolute atomic E-state index is 0.722. The largest absolute Gasteiger partial charge is 0.337 e. The van der Waals surface area contributed by atoms with Crippen molar-refractivity contribution in [1.82, 2.24) is 15.2 Å². The highest BCUT2D eigenvalue weighted by atomic mass is 15.2. The Kier molecular flexibility index (Phi) is 2.36. The minimum atomic E-state index is 0.722. The smallest absolute Gasteiger partial charge is 0.153 e. The van der Waals surface area contributed by atoms with Crippen molar-refractivity contribution in [2.75, 3.05) is 5.32 Å². The molecule has 1 N–H and O–H groups in total. The van der Waals surface area contributed by atoms with E-state index in [1.54, 1.807) is 12.4 Å². The summed E-state index contributed by atoms with van der Waals surface area (Å²) in [6.45, 7) is 1.99. The summed E-state index contributed by atoms with van der Waals surface area (Å²) >= 11 is 0. The maximum Gasteiger partial charge on any atom is 0.153 e. The van der Waals surface area contributed by atoms with E-state index in [0.717, 1.165) is 17.1 Å². The van der Waals surface area contributed by atoms with Gasteiger partial charge in [0.05, 0.1) is 11.9 Å². The summed E-state index contributed by atoms with van der Waals surface area (Å²) in [7, 11) is 0. The van der Waals surface area contributed by atoms with Crippen LogP contribution >= 0.6 is 0 Å². The van der Waals surface area contributed by atoms with E-state index in [2.05, 4.69) is 20.5 Å². The Bertz CT molecular complexity index is 413. The number of pyridine rings is 1. The third-order valence-electron chi connectivity index (χ3n) is 1.72. The fraction of sp³-hybridized carbons (Fsp3) is 0.100. The Hall–Kier alpha value is -1.97. The van der Waals surface area contributed by atoms with Gasteiger partial charge < -0.3 is 5.32 Å². The van der Waals surface area contributed by atoms with E-state index in [9.17, 15) is 0 Å². The molecule has 0 atom stereocenters. The van der Waals surface area contributed by atoms with Crippen molar-refractivity contribution >= 4 is 11.5 Å². The fourth-order valence-electron chi connectivity index (χ4n) is 1.14. The highest BCUT2D eigenvalue weighted by Gasteiger charge is 1.95. The lowest BCUT2D eigenvalue weighted by Gasteiger charge is -2.03. The Morgan fingerprint density at radius 1 is 1.29 bits per heavy atom. The number of hydrogen-bond donors (Lipinski definition) is 1. The Morgan fingerprint density at radius 2 is 2.21 bits per heavy atom. The Balaban J connectivity index is 2.19. The van der Waals surface area contributed by atoms with Gasteiger partial charge in [-0.25, -0.2) is 0 Å². The average molecular weight is 186 g/mol. The van der Waals surface area contributed by atoms with Crippen LogP contribution in [0.5, 0.6) is 0 Å². The summed E-state index contributed by atoms with van der Waals surface area (Å²) in [6.07, 6.45) is 5.20. The standard InChI is InChI=1S/C10H10N4/c1-8-5-9(7-11-6-8)13-10-3-2-4-12-14-10/h2-7H,1H3,(H,13,14). The second-order valence-corrected chi connectivity index (χ2v) is 2.98. The van der Waals surface area contributed by atoms with Gasteiger partial charge in [0.15, 0.2) is 5.82 Å². The molecule has 0 radical (unpaired) electrons. The maximum atomic E-state index is 4.07. The Labute approximate surface area is 82.0 Å². The van der Waals surface area contributed by atoms with Crippen LogP contribution in [0.4, 0.5) is 11.5 Å². The molecular formula is C10H10N4. The van der Waals surface area contributed by atoms with E-state index in [1.165, 1.54) is 0 Å². The molecule has 0 amide bonds. The number of rotatable bonds is 2. The summed E-state index contributed by atoms with van der Waals surface area (Å²) < 4.78 is 0. The Morgan fingerprint density at radius 3 is 2.93 bits per heavy atom. The average Bonchev–Trinajstić information content (AvgIpc) is 2.19. The predicted molar refractivity (Wildman–Crippen MR) is 54.3 cm³/mol. The van der Waals surface area contributed by atoms with Gasteiger partial charge in [0.2, 0.25) is 0 Å². The molecule has 14 heavy (non-hydrogen) atoms. The van der Waals surface area contributed by atoms with E-state index in [0.29, 0.717) is 0 Å². The zero-order valence-corrected chi connectivity index (χ0v) is 7.81. The summed E-state index contributed by atoms with van der Waals surface area (Å²) in [4.78, 5) is 4.07. The van der Waals surface area contributed by atoms with Gasteiger partial charge in [0.1, 0.15) is 0 Å². The fourth-order valence-corrected chi connectivity index (χ4v) is 1.14. The first-order valence-corrected chi connectivity index (χ1v) is 4.31. The lowest BCUT2D eigenvalue weighted by molar-refractivity contribution is 1.03. The van der Waals surface area contributed by atoms with Gasteiger partial charge in [-0.3, -0.25) is 4.98 Å². The van der Waals surface area contributed by atoms with Crippen molar-refractivity contribution in [2.45, 2.75) is 6.92 Å². The maximum absolute atomic E-state index is 4.07. The normalized spacial score (nSPS) is 9.79. The SMILES string of the molecule is Cc1cncc(Nc2cccnn2)c1. The van der Waals surface area contributed by atoms with Crippen LogP contribution in [0.15, 0.2) is 36.8 Å². The van der Waals surface area contributed by atoms with Gasteiger partial charge in [-0.2, -0.15) is 5.10 Å². The predicted octanol–water partition coefficient (Wildman–Crippen LogP) is 1.92. The van der Waals surface area contributed by atoms with Crippen LogP contribution in [-0.2, 0) is 0 Å². The van der Waals surface area contributed by atoms with Gasteiger partial charge in [-0.05, 0) is 30.7 Å². The zero-order chi connectivity index (χ0) is 9.80. The summed E-state index contributed by atoms with van der Waals surface area (Å²) in [5, 5.41) is 10.8. The molecule has 4 heteroatoms. The summed E-state index contributed by atoms with van der Waals surface area (Å²) in [6, 6.07) is 5.69. The van der Waals surface area contributed by atoms with Gasteiger partial charge in [-0.15, -0.1) is 5.10 Å². The van der Waals surface area contributed by atoms with Crippen LogP contribution in [0.25, 0.3) is 0 Å². The molecule has 0 unspecified atom stereocenters. The molecular weight excluding hydrogens is 176 g/mol. The molecule has 70 valence electrons. The molecule has 0 spiro atoms. The first kappa shape index (κ1) is 8.62. The van der Waals surface area contributed by atoms with E-state index >= 15 is 0 Å². The van der Waals surface area contributed by atoms with Crippen LogP contribution in [0.1, 0.15) is 5.56 Å². The molecule has 2 aromatic rings. The topological polar surface area (TPSA) is 50.7 Å². The number of nitrogens with one attached hydrogen (secondary N) is 1. The molecule has 0 saturated carbocycles. The molecule has 4 nitrogen and oxygen atoms in total. The molecule has 2 aromatic heterocycles. The van der Waals surface area contributed by atoms with Crippen LogP contribution in [-0.4, -0.2) is 15.2 Å². The first-order chi connectivity index (χ1) is 6.84. The molecule has 0 fully saturated rings. The third kappa shape index (κ3) is 2.04. The van der Waals surface area contributed by atoms with E-state index in [4.69, 9.17) is 0 Å². The second kappa shape index (κ2) is 3.83. The van der Waals surface area contributed by atoms with Gasteiger partial charge in [-0.1, -0.05) is 0 Å². The van der Waals surface area contributed by atoms with Crippen molar-refractivity contribution in [2.24, 2.45) is 0 Å². The molecule has 0 aromatic carbocycles. The van der Waals surface area contributed by atoms with Crippen molar-refractivity contribution < 1.29 is 0 Å². The van der Waals surface area contributed by atoms with Crippen LogP contribution < -0.4 is 5.32 Å². The summed E-state index contributed by atoms with van der Waals surface area (Å²) in [5.74, 6) is 0.722. The summed E-state index contributed by atoms with van der Waals surface area (Å²) in [5.41, 5.74) is 2.03. The second-order valence-electron chi connectivity index (χ2n) is 2.98. The van der Waals surface area contributed by atoms with Crippen LogP contribution in [0, 0.1) is 6.92 Å². The third-order valence-corrected chi connectivity index (χ3v) is 1.72. The molecule has 2 rings (SSSR count). The lowest BCUT2D eigenvalue weighted by atomic mass is 10.3. The van der Waals surface area contributed by atoms with Crippen LogP contribution in [0.3, 0.4) is 0 Å². The molecule has 2 heterocycles. The molecule has 0 aliphatic heterocycles. The number of nitrogens with zero attached hydrogens (tertiary/aromatic N) is 3. The lowest BCUT2D eigenvalue weighted by Crippen LogP contribution is -1.95. The quantitative estimate of drug-likeness (QED) is 0.778. The number of aromatic nitrogens is 3. The van der Waals surface area contributed by atoms with Gasteiger partial charge in [0.25, 0.3) is 0 Å². The van der Waals surface area contributed by atoms with Crippen molar-refractivity contribution in [3.8, 4) is 0 Å². The van der Waals surface area contributed by atoms with E-state index in [1.807, 2.05) is 31.3 Å². The molecule has 0 aliphatic carbocycles. The van der Waals surface area contributed by atoms with Gasteiger partial charge in [0, 0.05) is 12.4 Å². The zero-order valence-electron chi connectivity index (χ0n) is 7.81. The first-order valence-electron chi connectivity index (χ1n) is 4.31. The molecule has 0 aliphatic rings. The van der Waals surface area contributed by atoms with Crippen molar-refractivity contribution in [1.29, 1.82) is 0 Å². The molecule has 0 saturated heterocycles. The highest BCUT2D eigenvalue weighted by molar-refractivity contribution is 5.54. The van der Waals surface area contributed by atoms with E-state index < -0.39 is 0 Å². The highest BCUT2D eigenvalue weighted by Crippen LogP contribution is 2.12. The monoisotopic (exact) mass is 186 g/mol. The number of hydrogen-bond acceptors (Lipinski definition) is 4. The molecule has 0 bridgehead atoms. The van der Waals surface area contributed by atoms with Crippen LogP contribution in [0.2, 0.25) is 0 Å². The minimum Gasteiger partial charge on any atom is -0.337 e. The van der Waals surface area contributed by atoms with Crippen molar-refractivity contribution in [3.63, 3.8) is 0 Å².